The molecule has 0 saturated carbocycles. The van der Waals surface area contributed by atoms with Gasteiger partial charge in [-0.2, -0.15) is 0 Å². The highest BCUT2D eigenvalue weighted by Crippen LogP contribution is 2.37. The van der Waals surface area contributed by atoms with Crippen LogP contribution in [-0.4, -0.2) is 15.0 Å². The minimum atomic E-state index is 0.604. The normalized spacial score (nSPS) is 11.5. The summed E-state index contributed by atoms with van der Waals surface area (Å²) >= 11 is 0. The van der Waals surface area contributed by atoms with E-state index in [9.17, 15) is 0 Å². The fourth-order valence-electron chi connectivity index (χ4n) is 7.17. The average molecular weight is 652 g/mol. The minimum Gasteiger partial charge on any atom is -0.456 e. The van der Waals surface area contributed by atoms with E-state index in [0.29, 0.717) is 17.5 Å². The van der Waals surface area contributed by atoms with Crippen molar-refractivity contribution >= 4 is 43.5 Å². The van der Waals surface area contributed by atoms with E-state index < -0.39 is 0 Å². The van der Waals surface area contributed by atoms with Crippen LogP contribution in [0.15, 0.2) is 180 Å². The van der Waals surface area contributed by atoms with Crippen LogP contribution in [0, 0.1) is 0 Å². The molecule has 8 aromatic carbocycles. The van der Waals surface area contributed by atoms with Crippen LogP contribution in [0.25, 0.3) is 99.9 Å². The van der Waals surface area contributed by atoms with Crippen molar-refractivity contribution in [2.75, 3.05) is 0 Å². The van der Waals surface area contributed by atoms with Gasteiger partial charge in [0.05, 0.1) is 0 Å². The average Bonchev–Trinajstić information content (AvgIpc) is 3.58. The fourth-order valence-corrected chi connectivity index (χ4v) is 7.17. The first-order chi connectivity index (χ1) is 25.2. The zero-order chi connectivity index (χ0) is 33.7. The zero-order valence-electron chi connectivity index (χ0n) is 27.5. The van der Waals surface area contributed by atoms with Crippen molar-refractivity contribution in [3.8, 4) is 56.4 Å². The Morgan fingerprint density at radius 2 is 0.882 bits per heavy atom. The Morgan fingerprint density at radius 3 is 1.76 bits per heavy atom. The van der Waals surface area contributed by atoms with E-state index in [1.54, 1.807) is 0 Å². The molecule has 4 nitrogen and oxygen atoms in total. The van der Waals surface area contributed by atoms with Gasteiger partial charge in [-0.1, -0.05) is 140 Å². The van der Waals surface area contributed by atoms with E-state index in [4.69, 9.17) is 19.4 Å². The summed E-state index contributed by atoms with van der Waals surface area (Å²) < 4.78 is 6.16. The van der Waals surface area contributed by atoms with Gasteiger partial charge in [0.2, 0.25) is 0 Å². The summed E-state index contributed by atoms with van der Waals surface area (Å²) in [5, 5.41) is 6.74. The highest BCUT2D eigenvalue weighted by Gasteiger charge is 2.18. The molecule has 0 bridgehead atoms. The third-order valence-corrected chi connectivity index (χ3v) is 9.73. The van der Waals surface area contributed by atoms with Gasteiger partial charge in [-0.3, -0.25) is 0 Å². The third-order valence-electron chi connectivity index (χ3n) is 9.73. The van der Waals surface area contributed by atoms with Gasteiger partial charge in [0, 0.05) is 27.5 Å². The number of aromatic nitrogens is 3. The van der Waals surface area contributed by atoms with Gasteiger partial charge >= 0.3 is 0 Å². The first kappa shape index (κ1) is 29.0. The number of hydrogen-bond acceptors (Lipinski definition) is 4. The Morgan fingerprint density at radius 1 is 0.294 bits per heavy atom. The third kappa shape index (κ3) is 5.13. The van der Waals surface area contributed by atoms with Crippen LogP contribution in [-0.2, 0) is 0 Å². The van der Waals surface area contributed by atoms with Crippen LogP contribution >= 0.6 is 0 Å². The van der Waals surface area contributed by atoms with Crippen LogP contribution in [0.5, 0.6) is 0 Å². The quantitative estimate of drug-likeness (QED) is 0.186. The van der Waals surface area contributed by atoms with Crippen molar-refractivity contribution in [3.05, 3.63) is 176 Å². The highest BCUT2D eigenvalue weighted by atomic mass is 16.3. The molecule has 0 atom stereocenters. The summed E-state index contributed by atoms with van der Waals surface area (Å²) in [4.78, 5) is 15.6. The molecule has 0 aliphatic carbocycles. The number of hydrogen-bond donors (Lipinski definition) is 0. The monoisotopic (exact) mass is 651 g/mol. The van der Waals surface area contributed by atoms with Gasteiger partial charge in [0.25, 0.3) is 0 Å². The Hall–Kier alpha value is -6.91. The van der Waals surface area contributed by atoms with Crippen molar-refractivity contribution in [2.24, 2.45) is 0 Å². The van der Waals surface area contributed by atoms with Gasteiger partial charge in [-0.25, -0.2) is 15.0 Å². The molecule has 0 saturated heterocycles. The summed E-state index contributed by atoms with van der Waals surface area (Å²) in [6, 6.07) is 61.2. The lowest BCUT2D eigenvalue weighted by molar-refractivity contribution is 0.669. The second-order valence-electron chi connectivity index (χ2n) is 12.8. The Kier molecular flexibility index (Phi) is 6.78. The van der Waals surface area contributed by atoms with Crippen molar-refractivity contribution in [2.45, 2.75) is 0 Å². The van der Waals surface area contributed by atoms with E-state index in [1.807, 2.05) is 42.5 Å². The van der Waals surface area contributed by atoms with Crippen LogP contribution in [0.1, 0.15) is 0 Å². The Balaban J connectivity index is 1.20. The number of fused-ring (bicyclic) bond motifs is 5. The fraction of sp³-hybridized carbons (Fsp3) is 0. The minimum absolute atomic E-state index is 0.604. The second kappa shape index (κ2) is 11.9. The molecule has 0 fully saturated rings. The van der Waals surface area contributed by atoms with Gasteiger partial charge in [0.15, 0.2) is 17.5 Å². The second-order valence-corrected chi connectivity index (χ2v) is 12.8. The molecule has 2 aromatic heterocycles. The standard InChI is InChI=1S/C47H29N3O/c1-2-12-31(13-3-1)37-16-6-7-18-39(37)46-48-45(36-25-26-44-42(29-36)38-17-8-9-20-43(38)51-44)49-47(50-46)40-19-10-15-32-22-24-35(28-41(32)40)34-23-21-30-11-4-5-14-33(30)27-34/h1-29H. The molecule has 0 aliphatic heterocycles. The lowest BCUT2D eigenvalue weighted by atomic mass is 9.96. The summed E-state index contributed by atoms with van der Waals surface area (Å²) in [5.41, 5.74) is 8.96. The smallest absolute Gasteiger partial charge is 0.164 e. The van der Waals surface area contributed by atoms with Gasteiger partial charge in [-0.15, -0.1) is 0 Å². The van der Waals surface area contributed by atoms with E-state index in [0.717, 1.165) is 66.1 Å². The van der Waals surface area contributed by atoms with Crippen LogP contribution in [0.4, 0.5) is 0 Å². The molecule has 0 spiro atoms. The number of para-hydroxylation sites is 1. The predicted molar refractivity (Wildman–Crippen MR) is 209 cm³/mol. The first-order valence-corrected chi connectivity index (χ1v) is 17.1. The molecule has 0 radical (unpaired) electrons. The molecule has 2 heterocycles. The molecule has 51 heavy (non-hydrogen) atoms. The summed E-state index contributed by atoms with van der Waals surface area (Å²) in [6.45, 7) is 0. The lowest BCUT2D eigenvalue weighted by Gasteiger charge is -2.13. The molecule has 0 aliphatic rings. The Bertz CT molecular complexity index is 2930. The summed E-state index contributed by atoms with van der Waals surface area (Å²) in [7, 11) is 0. The molecular formula is C47H29N3O. The van der Waals surface area contributed by atoms with Crippen LogP contribution < -0.4 is 0 Å². The van der Waals surface area contributed by atoms with Crippen molar-refractivity contribution in [1.82, 2.24) is 15.0 Å². The SMILES string of the molecule is c1ccc(-c2ccccc2-c2nc(-c3ccc4oc5ccccc5c4c3)nc(-c3cccc4ccc(-c5ccc6ccccc6c5)cc34)n2)cc1. The molecule has 0 N–H and O–H groups in total. The maximum Gasteiger partial charge on any atom is 0.164 e. The summed E-state index contributed by atoms with van der Waals surface area (Å²) in [5.74, 6) is 1.85. The molecule has 238 valence electrons. The number of nitrogens with zero attached hydrogens (tertiary/aromatic N) is 3. The molecule has 4 heteroatoms. The lowest BCUT2D eigenvalue weighted by Crippen LogP contribution is -2.01. The van der Waals surface area contributed by atoms with E-state index in [2.05, 4.69) is 133 Å². The van der Waals surface area contributed by atoms with Crippen LogP contribution in [0.3, 0.4) is 0 Å². The predicted octanol–water partition coefficient (Wildman–Crippen LogP) is 12.4. The van der Waals surface area contributed by atoms with Gasteiger partial charge in [0.1, 0.15) is 11.2 Å². The largest absolute Gasteiger partial charge is 0.456 e. The van der Waals surface area contributed by atoms with Crippen LogP contribution in [0.2, 0.25) is 0 Å². The van der Waals surface area contributed by atoms with E-state index in [1.165, 1.54) is 16.3 Å². The zero-order valence-corrected chi connectivity index (χ0v) is 27.5. The highest BCUT2D eigenvalue weighted by molar-refractivity contribution is 6.06. The number of rotatable bonds is 5. The molecule has 10 rings (SSSR count). The first-order valence-electron chi connectivity index (χ1n) is 17.1. The molecular weight excluding hydrogens is 623 g/mol. The van der Waals surface area contributed by atoms with Gasteiger partial charge < -0.3 is 4.42 Å². The maximum atomic E-state index is 6.16. The van der Waals surface area contributed by atoms with E-state index in [-0.39, 0.29) is 0 Å². The van der Waals surface area contributed by atoms with Crippen molar-refractivity contribution < 1.29 is 4.42 Å². The summed E-state index contributed by atoms with van der Waals surface area (Å²) in [6.07, 6.45) is 0. The maximum absolute atomic E-state index is 6.16. The van der Waals surface area contributed by atoms with E-state index >= 15 is 0 Å². The molecule has 0 amide bonds. The number of benzene rings is 8. The Labute approximate surface area is 294 Å². The molecule has 0 unspecified atom stereocenters. The van der Waals surface area contributed by atoms with Crippen molar-refractivity contribution in [1.29, 1.82) is 0 Å². The number of furan rings is 1. The topological polar surface area (TPSA) is 51.8 Å². The van der Waals surface area contributed by atoms with Gasteiger partial charge in [-0.05, 0) is 80.2 Å². The molecule has 10 aromatic rings. The van der Waals surface area contributed by atoms with Crippen molar-refractivity contribution in [3.63, 3.8) is 0 Å².